The first-order valence-electron chi connectivity index (χ1n) is 12.5. The van der Waals surface area contributed by atoms with Crippen molar-refractivity contribution in [1.82, 2.24) is 4.98 Å². The van der Waals surface area contributed by atoms with Gasteiger partial charge in [0.1, 0.15) is 11.9 Å². The summed E-state index contributed by atoms with van der Waals surface area (Å²) in [5, 5.41) is 12.1. The van der Waals surface area contributed by atoms with E-state index in [1.165, 1.54) is 37.6 Å². The number of carbonyl (C=O) groups is 1. The number of benzene rings is 1. The Bertz CT molecular complexity index is 1050. The number of amides is 1. The van der Waals surface area contributed by atoms with Crippen molar-refractivity contribution in [1.29, 1.82) is 0 Å². The Balaban J connectivity index is 1.35. The number of aromatic nitrogens is 1. The summed E-state index contributed by atoms with van der Waals surface area (Å²) in [6, 6.07) is 9.33. The number of carbonyl (C=O) groups excluding carboxylic acids is 1. The van der Waals surface area contributed by atoms with Crippen LogP contribution in [0.3, 0.4) is 0 Å². The molecule has 1 spiro atoms. The van der Waals surface area contributed by atoms with E-state index < -0.39 is 0 Å². The van der Waals surface area contributed by atoms with E-state index in [2.05, 4.69) is 19.9 Å². The first-order chi connectivity index (χ1) is 17.1. The molecule has 35 heavy (non-hydrogen) atoms. The number of methoxy groups -OCH3 is 1. The van der Waals surface area contributed by atoms with Gasteiger partial charge in [0.05, 0.1) is 25.0 Å². The fourth-order valence-electron chi connectivity index (χ4n) is 4.69. The fraction of sp³-hybridized carbons (Fsp3) is 0.538. The lowest BCUT2D eigenvalue weighted by atomic mass is 9.93. The molecule has 1 aromatic carbocycles. The second kappa shape index (κ2) is 10.5. The number of nitrogens with one attached hydrogen (secondary N) is 2. The highest BCUT2D eigenvalue weighted by Gasteiger charge is 2.44. The van der Waals surface area contributed by atoms with Crippen LogP contribution in [0.2, 0.25) is 0 Å². The van der Waals surface area contributed by atoms with E-state index in [-0.39, 0.29) is 18.6 Å². The quantitative estimate of drug-likeness (QED) is 0.320. The number of nitrogens with zero attached hydrogens (tertiary/aromatic N) is 2. The second-order valence-corrected chi connectivity index (χ2v) is 10.6. The Morgan fingerprint density at radius 2 is 2.00 bits per heavy atom. The predicted molar refractivity (Wildman–Crippen MR) is 140 cm³/mol. The Morgan fingerprint density at radius 3 is 2.66 bits per heavy atom. The maximum Gasteiger partial charge on any atom is 0.259 e. The normalized spacial score (nSPS) is 18.6. The van der Waals surface area contributed by atoms with Crippen molar-refractivity contribution < 1.29 is 19.4 Å². The first-order valence-corrected chi connectivity index (χ1v) is 13.5. The molecule has 8 nitrogen and oxygen atoms in total. The minimum Gasteiger partial charge on any atom is -0.491 e. The lowest BCUT2D eigenvalue weighted by Gasteiger charge is -2.35. The third kappa shape index (κ3) is 5.62. The van der Waals surface area contributed by atoms with Gasteiger partial charge in [-0.1, -0.05) is 11.9 Å². The summed E-state index contributed by atoms with van der Waals surface area (Å²) in [6.45, 7) is 2.02. The number of piperidine rings is 1. The molecule has 1 aliphatic heterocycles. The number of hydrogen-bond acceptors (Lipinski definition) is 8. The largest absolute Gasteiger partial charge is 0.491 e. The van der Waals surface area contributed by atoms with Crippen molar-refractivity contribution in [3.05, 3.63) is 35.9 Å². The lowest BCUT2D eigenvalue weighted by molar-refractivity contribution is 0.102. The van der Waals surface area contributed by atoms with E-state index in [1.807, 2.05) is 18.2 Å². The number of ether oxygens (including phenoxy) is 2. The number of aliphatic hydroxyl groups is 1. The molecule has 0 unspecified atom stereocenters. The average molecular weight is 499 g/mol. The molecule has 2 saturated carbocycles. The molecule has 9 heteroatoms. The van der Waals surface area contributed by atoms with Crippen LogP contribution in [0.15, 0.2) is 30.3 Å². The van der Waals surface area contributed by atoms with Gasteiger partial charge in [0.25, 0.3) is 11.8 Å². The minimum atomic E-state index is -0.200. The summed E-state index contributed by atoms with van der Waals surface area (Å²) in [7, 11) is 1.59. The van der Waals surface area contributed by atoms with Gasteiger partial charge >= 0.3 is 0 Å². The molecule has 188 valence electrons. The summed E-state index contributed by atoms with van der Waals surface area (Å²) in [4.78, 5) is 20.3. The van der Waals surface area contributed by atoms with Crippen LogP contribution >= 0.6 is 11.9 Å². The molecule has 5 rings (SSSR count). The van der Waals surface area contributed by atoms with Gasteiger partial charge in [-0.15, -0.1) is 0 Å². The van der Waals surface area contributed by atoms with E-state index in [9.17, 15) is 4.79 Å². The van der Waals surface area contributed by atoms with Crippen LogP contribution in [0.4, 0.5) is 17.2 Å². The van der Waals surface area contributed by atoms with E-state index in [0.717, 1.165) is 43.7 Å². The number of pyridine rings is 1. The first kappa shape index (κ1) is 24.1. The van der Waals surface area contributed by atoms with Crippen LogP contribution in [0.5, 0.6) is 11.6 Å². The maximum atomic E-state index is 13.4. The summed E-state index contributed by atoms with van der Waals surface area (Å²) in [6.07, 6.45) is 8.36. The molecule has 0 bridgehead atoms. The number of anilines is 3. The smallest absolute Gasteiger partial charge is 0.259 e. The van der Waals surface area contributed by atoms with Crippen molar-refractivity contribution in [2.24, 2.45) is 5.41 Å². The Labute approximate surface area is 210 Å². The molecule has 3 fully saturated rings. The van der Waals surface area contributed by atoms with E-state index in [1.54, 1.807) is 19.2 Å². The highest BCUT2D eigenvalue weighted by molar-refractivity contribution is 8.00. The molecule has 3 aliphatic rings. The fourth-order valence-corrected chi connectivity index (χ4v) is 5.18. The van der Waals surface area contributed by atoms with E-state index in [4.69, 9.17) is 14.6 Å². The van der Waals surface area contributed by atoms with Gasteiger partial charge in [0.2, 0.25) is 0 Å². The van der Waals surface area contributed by atoms with E-state index >= 15 is 0 Å². The van der Waals surface area contributed by atoms with Gasteiger partial charge in [0, 0.05) is 24.5 Å². The monoisotopic (exact) mass is 498 g/mol. The standard InChI is InChI=1S/C26H34N4O4S/c1-33-22-7-8-23(28-25(22)34-19-3-2-4-19)27-24(32)20-6-5-18(29-35-16-15-31)17-21(20)30-13-11-26(9-10-26)12-14-30/h5-8,17,19,29,31H,2-4,9-16H2,1H3,(H,27,28,32). The molecular weight excluding hydrogens is 464 g/mol. The second-order valence-electron chi connectivity index (χ2n) is 9.72. The van der Waals surface area contributed by atoms with Gasteiger partial charge in [-0.3, -0.25) is 4.79 Å². The van der Waals surface area contributed by atoms with Crippen molar-refractivity contribution in [3.8, 4) is 11.6 Å². The van der Waals surface area contributed by atoms with Gasteiger partial charge in [0.15, 0.2) is 5.75 Å². The third-order valence-electron chi connectivity index (χ3n) is 7.36. The molecule has 1 aromatic heterocycles. The number of hydrogen-bond donors (Lipinski definition) is 3. The topological polar surface area (TPSA) is 96.0 Å². The van der Waals surface area contributed by atoms with Crippen molar-refractivity contribution >= 4 is 35.0 Å². The molecule has 3 N–H and O–H groups in total. The lowest BCUT2D eigenvalue weighted by Crippen LogP contribution is -2.35. The van der Waals surface area contributed by atoms with Crippen LogP contribution < -0.4 is 24.4 Å². The molecular formula is C26H34N4O4S. The zero-order valence-corrected chi connectivity index (χ0v) is 21.0. The van der Waals surface area contributed by atoms with Crippen LogP contribution in [-0.2, 0) is 0 Å². The highest BCUT2D eigenvalue weighted by atomic mass is 32.2. The SMILES string of the molecule is COc1ccc(NC(=O)c2ccc(NSCCO)cc2N2CCC3(CC2)CC3)nc1OC1CCC1. The number of aliphatic hydroxyl groups excluding tert-OH is 1. The van der Waals surface area contributed by atoms with Crippen LogP contribution in [0.1, 0.15) is 55.3 Å². The number of rotatable bonds is 10. The summed E-state index contributed by atoms with van der Waals surface area (Å²) in [5.74, 6) is 1.81. The zero-order chi connectivity index (χ0) is 24.3. The summed E-state index contributed by atoms with van der Waals surface area (Å²) in [5.41, 5.74) is 3.01. The van der Waals surface area contributed by atoms with Gasteiger partial charge in [-0.2, -0.15) is 4.98 Å². The zero-order valence-electron chi connectivity index (χ0n) is 20.2. The van der Waals surface area contributed by atoms with Gasteiger partial charge < -0.3 is 29.5 Å². The van der Waals surface area contributed by atoms with Crippen LogP contribution in [0.25, 0.3) is 0 Å². The molecule has 2 aromatic rings. The minimum absolute atomic E-state index is 0.112. The maximum absolute atomic E-state index is 13.4. The molecule has 1 saturated heterocycles. The summed E-state index contributed by atoms with van der Waals surface area (Å²) < 4.78 is 14.7. The van der Waals surface area contributed by atoms with Gasteiger partial charge in [-0.25, -0.2) is 0 Å². The van der Waals surface area contributed by atoms with Crippen molar-refractivity contribution in [2.45, 2.75) is 51.0 Å². The Hall–Kier alpha value is -2.65. The van der Waals surface area contributed by atoms with Crippen molar-refractivity contribution in [2.75, 3.05) is 47.5 Å². The average Bonchev–Trinajstić information content (AvgIpc) is 3.60. The Kier molecular flexibility index (Phi) is 7.24. The van der Waals surface area contributed by atoms with Gasteiger partial charge in [-0.05, 0) is 80.7 Å². The molecule has 0 atom stereocenters. The van der Waals surface area contributed by atoms with Crippen molar-refractivity contribution in [3.63, 3.8) is 0 Å². The molecule has 0 radical (unpaired) electrons. The van der Waals surface area contributed by atoms with E-state index in [0.29, 0.717) is 34.2 Å². The molecule has 2 heterocycles. The highest BCUT2D eigenvalue weighted by Crippen LogP contribution is 2.54. The molecule has 2 aliphatic carbocycles. The summed E-state index contributed by atoms with van der Waals surface area (Å²) >= 11 is 1.45. The van der Waals surface area contributed by atoms with Crippen LogP contribution in [-0.4, -0.2) is 54.7 Å². The Morgan fingerprint density at radius 1 is 1.20 bits per heavy atom. The third-order valence-corrected chi connectivity index (χ3v) is 8.13. The van der Waals surface area contributed by atoms with Crippen LogP contribution in [0, 0.1) is 5.41 Å². The molecule has 1 amide bonds. The predicted octanol–water partition coefficient (Wildman–Crippen LogP) is 4.71.